The number of hydroxylamine groups is 4. The molecule has 1 aliphatic rings. The molecule has 1 aromatic heterocycles. The Bertz CT molecular complexity index is 1700. The molecule has 0 spiro atoms. The maximum Gasteiger partial charge on any atom is 0.277 e. The third-order valence-corrected chi connectivity index (χ3v) is 10.6. The lowest BCUT2D eigenvalue weighted by Crippen LogP contribution is -2.60. The van der Waals surface area contributed by atoms with Gasteiger partial charge in [0, 0.05) is 37.1 Å². The number of nitrogens with one attached hydrogen (secondary N) is 1. The Morgan fingerprint density at radius 3 is 1.73 bits per heavy atom. The minimum Gasteiger partial charge on any atom is -0.394 e. The number of aryl methyl sites for hydroxylation is 2. The van der Waals surface area contributed by atoms with E-state index in [1.165, 1.54) is 10.1 Å². The molecule has 3 aromatic rings. The molecule has 1 aliphatic heterocycles. The highest BCUT2D eigenvalue weighted by molar-refractivity contribution is 6.31. The van der Waals surface area contributed by atoms with Crippen LogP contribution in [0.1, 0.15) is 81.9 Å². The summed E-state index contributed by atoms with van der Waals surface area (Å²) < 4.78 is 11.3. The van der Waals surface area contributed by atoms with Crippen molar-refractivity contribution in [2.75, 3.05) is 104 Å². The number of nitrogens with zero attached hydrogens (tertiary/aromatic N) is 5. The first-order chi connectivity index (χ1) is 29.0. The highest BCUT2D eigenvalue weighted by Gasteiger charge is 2.36. The van der Waals surface area contributed by atoms with E-state index in [0.717, 1.165) is 80.3 Å². The normalized spacial score (nSPS) is 14.8. The smallest absolute Gasteiger partial charge is 0.277 e. The number of piperidine rings is 1. The zero-order valence-corrected chi connectivity index (χ0v) is 35.6. The molecule has 0 aliphatic carbocycles. The maximum atomic E-state index is 13.4. The van der Waals surface area contributed by atoms with E-state index in [2.05, 4.69) is 15.3 Å². The van der Waals surface area contributed by atoms with Gasteiger partial charge in [0.25, 0.3) is 17.7 Å². The fourth-order valence-electron chi connectivity index (χ4n) is 7.31. The van der Waals surface area contributed by atoms with Crippen LogP contribution in [0, 0.1) is 0 Å². The minimum atomic E-state index is -0.444. The van der Waals surface area contributed by atoms with Gasteiger partial charge in [-0.2, -0.15) is 0 Å². The molecule has 330 valence electrons. The lowest BCUT2D eigenvalue weighted by Gasteiger charge is -2.45. The summed E-state index contributed by atoms with van der Waals surface area (Å²) >= 11 is 6.08. The molecule has 3 amide bonds. The number of quaternary nitrogens is 1. The van der Waals surface area contributed by atoms with Gasteiger partial charge < -0.3 is 41.0 Å². The summed E-state index contributed by atoms with van der Waals surface area (Å²) in [5, 5.41) is 23.4. The Labute approximate surface area is 357 Å². The van der Waals surface area contributed by atoms with Gasteiger partial charge >= 0.3 is 0 Å². The number of ether oxygens (including phenoxy) is 2. The molecule has 4 rings (SSSR count). The molecule has 2 heterocycles. The van der Waals surface area contributed by atoms with Crippen LogP contribution < -0.4 is 16.8 Å². The number of carbonyl (C=O) groups is 3. The van der Waals surface area contributed by atoms with Gasteiger partial charge in [0.1, 0.15) is 0 Å². The molecule has 18 heteroatoms. The standard InChI is InChI=1S/C42H61ClN8O9/c1-3-49(59-28-26-57-24-22-52)41(55)33-15-11-31(12-16-33)8-5-19-51(21-7-10-35(30-51)46-40(54)36-38(44)48-39(45)37(43)47-36)20-6-9-32-13-17-34(18-14-32)42(56)50(4-2)60-29-27-58-25-23-53/h11-18,35,52-53H,3-10,19-30H2,1-2H3,(H4-,44,45,46,48,54)/p+1. The predicted molar refractivity (Wildman–Crippen MR) is 227 cm³/mol. The molecule has 0 saturated carbocycles. The van der Waals surface area contributed by atoms with E-state index >= 15 is 0 Å². The van der Waals surface area contributed by atoms with E-state index in [0.29, 0.717) is 24.2 Å². The average Bonchev–Trinajstić information content (AvgIpc) is 3.25. The van der Waals surface area contributed by atoms with Crippen LogP contribution in [0.25, 0.3) is 0 Å². The molecule has 60 heavy (non-hydrogen) atoms. The van der Waals surface area contributed by atoms with Crippen LogP contribution in [-0.4, -0.2) is 151 Å². The zero-order valence-electron chi connectivity index (χ0n) is 34.9. The number of aliphatic hydroxyl groups excluding tert-OH is 2. The molecule has 1 unspecified atom stereocenters. The van der Waals surface area contributed by atoms with Gasteiger partial charge in [0.05, 0.1) is 85.1 Å². The van der Waals surface area contributed by atoms with Gasteiger partial charge in [-0.1, -0.05) is 35.9 Å². The number of aliphatic hydroxyl groups is 2. The highest BCUT2D eigenvalue weighted by atomic mass is 35.5. The Morgan fingerprint density at radius 2 is 1.27 bits per heavy atom. The van der Waals surface area contributed by atoms with Crippen molar-refractivity contribution in [1.29, 1.82) is 0 Å². The lowest BCUT2D eigenvalue weighted by molar-refractivity contribution is -0.933. The van der Waals surface area contributed by atoms with Gasteiger partial charge in [-0.25, -0.2) is 20.1 Å². The molecule has 0 bridgehead atoms. The molecule has 1 atom stereocenters. The van der Waals surface area contributed by atoms with Crippen LogP contribution in [-0.2, 0) is 32.0 Å². The van der Waals surface area contributed by atoms with Crippen LogP contribution in [0.2, 0.25) is 5.15 Å². The summed E-state index contributed by atoms with van der Waals surface area (Å²) in [6.07, 6.45) is 5.10. The monoisotopic (exact) mass is 857 g/mol. The number of hydrogen-bond acceptors (Lipinski definition) is 13. The van der Waals surface area contributed by atoms with Gasteiger partial charge in [-0.3, -0.25) is 24.1 Å². The number of benzene rings is 2. The first-order valence-electron chi connectivity index (χ1n) is 20.7. The Morgan fingerprint density at radius 1 is 0.767 bits per heavy atom. The first kappa shape index (κ1) is 48.2. The minimum absolute atomic E-state index is 0.0379. The van der Waals surface area contributed by atoms with Crippen molar-refractivity contribution in [3.8, 4) is 0 Å². The fraction of sp³-hybridized carbons (Fsp3) is 0.548. The molecule has 7 N–H and O–H groups in total. The first-order valence-corrected chi connectivity index (χ1v) is 21.1. The Kier molecular flexibility index (Phi) is 20.4. The number of aromatic nitrogens is 2. The van der Waals surface area contributed by atoms with E-state index in [1.54, 1.807) is 0 Å². The van der Waals surface area contributed by atoms with E-state index < -0.39 is 5.91 Å². The topological polar surface area (TPSA) is 225 Å². The van der Waals surface area contributed by atoms with Gasteiger partial charge in [0.2, 0.25) is 0 Å². The van der Waals surface area contributed by atoms with Crippen molar-refractivity contribution < 1.29 is 48.2 Å². The summed E-state index contributed by atoms with van der Waals surface area (Å²) in [6.45, 7) is 9.09. The number of likely N-dealkylation sites (tertiary alicyclic amines) is 1. The SMILES string of the molecule is CCN(OCCOCCO)C(=O)c1ccc(CCC[N+]2(CCCc3ccc(C(=O)N(CC)OCCOCCO)cc3)CCCC(NC(=O)c3nc(Cl)c(N)nc3N)C2)cc1. The lowest BCUT2D eigenvalue weighted by atomic mass is 9.98. The molecular weight excluding hydrogens is 796 g/mol. The third-order valence-electron chi connectivity index (χ3n) is 10.3. The third kappa shape index (κ3) is 14.9. The van der Waals surface area contributed by atoms with Crippen molar-refractivity contribution in [1.82, 2.24) is 25.4 Å². The molecule has 1 fully saturated rings. The summed E-state index contributed by atoms with van der Waals surface area (Å²) in [7, 11) is 0. The Hall–Kier alpha value is -4.46. The molecule has 0 radical (unpaired) electrons. The van der Waals surface area contributed by atoms with Gasteiger partial charge in [-0.05, 0) is 74.9 Å². The number of nitrogens with two attached hydrogens (primary N) is 2. The van der Waals surface area contributed by atoms with Gasteiger partial charge in [0.15, 0.2) is 22.5 Å². The van der Waals surface area contributed by atoms with E-state index in [4.69, 9.17) is 52.4 Å². The highest BCUT2D eigenvalue weighted by Crippen LogP contribution is 2.24. The number of carbonyl (C=O) groups excluding carboxylic acids is 3. The van der Waals surface area contributed by atoms with E-state index in [-0.39, 0.29) is 93.2 Å². The van der Waals surface area contributed by atoms with Crippen molar-refractivity contribution in [3.05, 3.63) is 81.6 Å². The second kappa shape index (κ2) is 25.3. The average molecular weight is 858 g/mol. The zero-order chi connectivity index (χ0) is 43.3. The molecule has 1 saturated heterocycles. The van der Waals surface area contributed by atoms with Gasteiger partial charge in [-0.15, -0.1) is 0 Å². The number of anilines is 2. The fourth-order valence-corrected chi connectivity index (χ4v) is 7.43. The van der Waals surface area contributed by atoms with Crippen molar-refractivity contribution in [2.24, 2.45) is 0 Å². The predicted octanol–water partition coefficient (Wildman–Crippen LogP) is 3.07. The number of halogens is 1. The number of amides is 3. The van der Waals surface area contributed by atoms with Crippen molar-refractivity contribution in [3.63, 3.8) is 0 Å². The Balaban J connectivity index is 1.39. The molecular formula is C42H62ClN8O9+. The number of nitrogen functional groups attached to an aromatic ring is 2. The summed E-state index contributed by atoms with van der Waals surface area (Å²) in [5.41, 5.74) is 15.0. The van der Waals surface area contributed by atoms with E-state index in [1.807, 2.05) is 62.4 Å². The largest absolute Gasteiger partial charge is 0.394 e. The number of rotatable bonds is 26. The molecule has 2 aromatic carbocycles. The second-order valence-corrected chi connectivity index (χ2v) is 14.9. The van der Waals surface area contributed by atoms with Crippen molar-refractivity contribution >= 4 is 41.0 Å². The summed E-state index contributed by atoms with van der Waals surface area (Å²) in [5.74, 6) is -1.03. The summed E-state index contributed by atoms with van der Waals surface area (Å²) in [6, 6.07) is 15.1. The van der Waals surface area contributed by atoms with E-state index in [9.17, 15) is 14.4 Å². The van der Waals surface area contributed by atoms with Crippen LogP contribution >= 0.6 is 11.6 Å². The summed E-state index contributed by atoms with van der Waals surface area (Å²) in [4.78, 5) is 58.8. The number of hydrogen-bond donors (Lipinski definition) is 5. The van der Waals surface area contributed by atoms with Crippen LogP contribution in [0.4, 0.5) is 11.6 Å². The van der Waals surface area contributed by atoms with Crippen molar-refractivity contribution in [2.45, 2.75) is 58.4 Å². The van der Waals surface area contributed by atoms with Crippen LogP contribution in [0.3, 0.4) is 0 Å². The quantitative estimate of drug-likeness (QED) is 0.0445. The maximum absolute atomic E-state index is 13.4. The molecule has 17 nitrogen and oxygen atoms in total. The van der Waals surface area contributed by atoms with Crippen LogP contribution in [0.15, 0.2) is 48.5 Å². The second-order valence-electron chi connectivity index (χ2n) is 14.6. The van der Waals surface area contributed by atoms with Crippen LogP contribution in [0.5, 0.6) is 0 Å².